The number of thiophene rings is 9. The van der Waals surface area contributed by atoms with Crippen LogP contribution in [0.4, 0.5) is 0 Å². The predicted octanol–water partition coefficient (Wildman–Crippen LogP) is 21.3. The molecule has 9 heterocycles. The molecule has 0 nitrogen and oxygen atoms in total. The Hall–Kier alpha value is -2.70. The first kappa shape index (κ1) is 44.5. The van der Waals surface area contributed by atoms with E-state index in [2.05, 4.69) is 126 Å². The van der Waals surface area contributed by atoms with Crippen molar-refractivity contribution in [2.24, 2.45) is 0 Å². The monoisotopic (exact) mass is 978 g/mol. The molecule has 0 unspecified atom stereocenters. The van der Waals surface area contributed by atoms with Crippen molar-refractivity contribution >= 4 is 102 Å². The third-order valence-electron chi connectivity index (χ3n) is 11.5. The summed E-state index contributed by atoms with van der Waals surface area (Å²) in [7, 11) is 0. The molecule has 0 N–H and O–H groups in total. The molecule has 0 amide bonds. The van der Waals surface area contributed by atoms with Gasteiger partial charge in [-0.1, -0.05) is 52.9 Å². The van der Waals surface area contributed by atoms with Crippen molar-refractivity contribution in [3.05, 3.63) is 117 Å². The maximum Gasteiger partial charge on any atom is 0.0481 e. The number of unbranched alkanes of at least 4 members (excludes halogenated alkanes) is 5. The van der Waals surface area contributed by atoms with Crippen LogP contribution in [-0.4, -0.2) is 0 Å². The molecule has 0 saturated carbocycles. The first-order valence-corrected chi connectivity index (χ1v) is 29.6. The van der Waals surface area contributed by atoms with Gasteiger partial charge in [0, 0.05) is 87.8 Å². The minimum atomic E-state index is 1.13. The van der Waals surface area contributed by atoms with E-state index in [1.54, 1.807) is 0 Å². The molecule has 0 spiro atoms. The van der Waals surface area contributed by atoms with E-state index in [4.69, 9.17) is 0 Å². The van der Waals surface area contributed by atoms with E-state index in [1.165, 1.54) is 161 Å². The van der Waals surface area contributed by atoms with Crippen LogP contribution >= 0.6 is 102 Å². The number of rotatable bonds is 19. The zero-order chi connectivity index (χ0) is 42.7. The molecule has 0 fully saturated rings. The molecule has 0 aliphatic rings. The highest BCUT2D eigenvalue weighted by atomic mass is 32.1. The molecule has 0 saturated heterocycles. The van der Waals surface area contributed by atoms with E-state index in [0.29, 0.717) is 0 Å². The third-order valence-corrected chi connectivity index (χ3v) is 23.1. The van der Waals surface area contributed by atoms with E-state index in [-0.39, 0.29) is 0 Å². The molecule has 0 radical (unpaired) electrons. The maximum absolute atomic E-state index is 2.56. The van der Waals surface area contributed by atoms with Crippen molar-refractivity contribution in [3.63, 3.8) is 0 Å². The van der Waals surface area contributed by atoms with Crippen LogP contribution in [0.1, 0.15) is 104 Å². The fourth-order valence-electron chi connectivity index (χ4n) is 7.95. The van der Waals surface area contributed by atoms with Gasteiger partial charge in [0.2, 0.25) is 0 Å². The molecule has 0 aliphatic heterocycles. The lowest BCUT2D eigenvalue weighted by Crippen LogP contribution is -1.85. The van der Waals surface area contributed by atoms with Crippen LogP contribution in [0, 0.1) is 20.8 Å². The summed E-state index contributed by atoms with van der Waals surface area (Å²) in [4.78, 5) is 25.4. The summed E-state index contributed by atoms with van der Waals surface area (Å²) in [5.41, 5.74) is 5.96. The molecule has 0 bridgehead atoms. The van der Waals surface area contributed by atoms with Crippen molar-refractivity contribution in [2.45, 2.75) is 112 Å². The predicted molar refractivity (Wildman–Crippen MR) is 290 cm³/mol. The quantitative estimate of drug-likeness (QED) is 0.0709. The Balaban J connectivity index is 0.999. The van der Waals surface area contributed by atoms with Gasteiger partial charge in [-0.05, 0) is 166 Å². The Kier molecular flexibility index (Phi) is 14.5. The number of hydrogen-bond donors (Lipinski definition) is 0. The summed E-state index contributed by atoms with van der Waals surface area (Å²) >= 11 is 17.7. The lowest BCUT2D eigenvalue weighted by atomic mass is 10.1. The summed E-state index contributed by atoms with van der Waals surface area (Å²) < 4.78 is 0. The molecule has 0 atom stereocenters. The van der Waals surface area contributed by atoms with Crippen LogP contribution in [0.5, 0.6) is 0 Å². The van der Waals surface area contributed by atoms with Crippen LogP contribution in [-0.2, 0) is 19.3 Å². The van der Waals surface area contributed by atoms with Gasteiger partial charge in [-0.15, -0.1) is 102 Å². The first-order valence-electron chi connectivity index (χ1n) is 22.2. The van der Waals surface area contributed by atoms with Crippen molar-refractivity contribution < 1.29 is 0 Å². The second-order valence-corrected chi connectivity index (χ2v) is 26.4. The summed E-state index contributed by atoms with van der Waals surface area (Å²) in [5.74, 6) is 0. The Morgan fingerprint density at radius 3 is 1.06 bits per heavy atom. The Morgan fingerprint density at radius 1 is 0.306 bits per heavy atom. The van der Waals surface area contributed by atoms with Gasteiger partial charge in [0.25, 0.3) is 0 Å². The average molecular weight is 980 g/mol. The van der Waals surface area contributed by atoms with Crippen molar-refractivity contribution in [3.8, 4) is 78.0 Å². The summed E-state index contributed by atoms with van der Waals surface area (Å²) in [6.45, 7) is 13.6. The second kappa shape index (κ2) is 20.2. The Morgan fingerprint density at radius 2 is 0.661 bits per heavy atom. The van der Waals surface area contributed by atoms with E-state index < -0.39 is 0 Å². The van der Waals surface area contributed by atoms with E-state index in [1.807, 2.05) is 102 Å². The minimum Gasteiger partial charge on any atom is -0.140 e. The zero-order valence-corrected chi connectivity index (χ0v) is 43.9. The van der Waals surface area contributed by atoms with Crippen LogP contribution in [0.15, 0.2) is 84.9 Å². The van der Waals surface area contributed by atoms with Gasteiger partial charge in [0.15, 0.2) is 0 Å². The highest BCUT2D eigenvalue weighted by Gasteiger charge is 2.21. The number of aryl methyl sites for hydroxylation is 6. The molecule has 320 valence electrons. The topological polar surface area (TPSA) is 0 Å². The van der Waals surface area contributed by atoms with Gasteiger partial charge < -0.3 is 0 Å². The van der Waals surface area contributed by atoms with Gasteiger partial charge in [-0.2, -0.15) is 0 Å². The summed E-state index contributed by atoms with van der Waals surface area (Å²) in [6, 6.07) is 33.5. The van der Waals surface area contributed by atoms with Gasteiger partial charge in [-0.25, -0.2) is 0 Å². The highest BCUT2D eigenvalue weighted by Crippen LogP contribution is 2.51. The standard InChI is InChI=1S/C53H54S9/c1-7-10-13-14-17-37-31-50(62-53(37)46-25-22-39(57-46)38-19-18-33(5)54-38)49-30-36(16-12-9-3)52(61-49)45-27-24-41(59-45)40-23-26-44(58-40)51-35(15-11-8-2)29-48(60-51)43-21-20-42(56-43)47-28-32(4)34(6)55-47/h18-31H,7-17H2,1-6H3. The SMILES string of the molecule is CCCCCCc1cc(-c2cc(CCCC)c(-c3ccc(-c4ccc(-c5sc(-c6ccc(-c7cc(C)c(C)s7)s6)cc5CCCC)s4)s3)s2)sc1-c1ccc(-c2ccc(C)s2)s1. The smallest absolute Gasteiger partial charge is 0.0481 e. The third kappa shape index (κ3) is 9.78. The fraction of sp³-hybridized carbons (Fsp3) is 0.321. The largest absolute Gasteiger partial charge is 0.140 e. The minimum absolute atomic E-state index is 1.13. The molecule has 9 heteroatoms. The van der Waals surface area contributed by atoms with E-state index >= 15 is 0 Å². The Labute approximate surface area is 405 Å². The van der Waals surface area contributed by atoms with Crippen LogP contribution in [0.3, 0.4) is 0 Å². The van der Waals surface area contributed by atoms with Crippen LogP contribution < -0.4 is 0 Å². The maximum atomic E-state index is 2.56. The number of hydrogen-bond acceptors (Lipinski definition) is 9. The van der Waals surface area contributed by atoms with E-state index in [0.717, 1.165) is 19.3 Å². The molecule has 9 aromatic rings. The van der Waals surface area contributed by atoms with Gasteiger partial charge in [0.1, 0.15) is 0 Å². The fourth-order valence-corrected chi connectivity index (χ4v) is 18.4. The molecule has 9 rings (SSSR count). The van der Waals surface area contributed by atoms with Crippen molar-refractivity contribution in [1.82, 2.24) is 0 Å². The normalized spacial score (nSPS) is 11.8. The Bertz CT molecular complexity index is 2850. The molecule has 9 aromatic heterocycles. The van der Waals surface area contributed by atoms with Gasteiger partial charge in [0.05, 0.1) is 0 Å². The molecular weight excluding hydrogens is 925 g/mol. The van der Waals surface area contributed by atoms with Gasteiger partial charge >= 0.3 is 0 Å². The zero-order valence-electron chi connectivity index (χ0n) is 36.5. The van der Waals surface area contributed by atoms with Gasteiger partial charge in [-0.3, -0.25) is 0 Å². The first-order chi connectivity index (χ1) is 30.3. The lowest BCUT2D eigenvalue weighted by Gasteiger charge is -2.02. The average Bonchev–Trinajstić information content (AvgIpc) is 4.10. The summed E-state index contributed by atoms with van der Waals surface area (Å²) in [6.07, 6.45) is 13.5. The molecule has 62 heavy (non-hydrogen) atoms. The molecule has 0 aliphatic carbocycles. The van der Waals surface area contributed by atoms with Crippen LogP contribution in [0.25, 0.3) is 78.0 Å². The molecular formula is C53H54S9. The summed E-state index contributed by atoms with van der Waals surface area (Å²) in [5, 5.41) is 0. The van der Waals surface area contributed by atoms with Crippen molar-refractivity contribution in [1.29, 1.82) is 0 Å². The van der Waals surface area contributed by atoms with Crippen molar-refractivity contribution in [2.75, 3.05) is 0 Å². The van der Waals surface area contributed by atoms with E-state index in [9.17, 15) is 0 Å². The van der Waals surface area contributed by atoms with Crippen LogP contribution in [0.2, 0.25) is 0 Å². The second-order valence-electron chi connectivity index (χ2n) is 16.3. The lowest BCUT2D eigenvalue weighted by molar-refractivity contribution is 0.668. The molecule has 0 aromatic carbocycles. The highest BCUT2D eigenvalue weighted by molar-refractivity contribution is 7.32.